The van der Waals surface area contributed by atoms with Crippen molar-refractivity contribution in [2.45, 2.75) is 245 Å². The Bertz CT molecular complexity index is 780. The SMILES string of the molecule is CCCCCCCCC(CCCCCC)C(=O)OCCCCC(O)CN(CCCCO)C[C@@H](O)CCCCOC(=O)C(CCCCCC)CCCCCCCC. The molecule has 334 valence electrons. The molecular weight excluding hydrogens is 703 g/mol. The molecule has 8 heteroatoms. The molecule has 0 spiro atoms. The van der Waals surface area contributed by atoms with Crippen LogP contribution in [-0.2, 0) is 19.1 Å². The van der Waals surface area contributed by atoms with Crippen LogP contribution in [0, 0.1) is 11.8 Å². The number of aliphatic hydroxyl groups excluding tert-OH is 3. The maximum atomic E-state index is 13.0. The molecule has 3 N–H and O–H groups in total. The van der Waals surface area contributed by atoms with Crippen molar-refractivity contribution in [1.29, 1.82) is 0 Å². The number of ether oxygens (including phenoxy) is 2. The molecular formula is C48H95NO7. The average molecular weight is 798 g/mol. The lowest BCUT2D eigenvalue weighted by molar-refractivity contribution is -0.150. The first-order chi connectivity index (χ1) is 27.3. The molecule has 0 amide bonds. The van der Waals surface area contributed by atoms with Crippen LogP contribution in [0.2, 0.25) is 0 Å². The molecule has 0 aromatic heterocycles. The monoisotopic (exact) mass is 798 g/mol. The number of hydrogen-bond acceptors (Lipinski definition) is 8. The van der Waals surface area contributed by atoms with Crippen LogP contribution in [-0.4, -0.2) is 83.8 Å². The van der Waals surface area contributed by atoms with Gasteiger partial charge in [-0.25, -0.2) is 0 Å². The van der Waals surface area contributed by atoms with Gasteiger partial charge in [-0.15, -0.1) is 0 Å². The molecule has 0 radical (unpaired) electrons. The smallest absolute Gasteiger partial charge is 0.308 e. The molecule has 0 bridgehead atoms. The van der Waals surface area contributed by atoms with E-state index < -0.39 is 12.2 Å². The number of esters is 2. The first-order valence-corrected chi connectivity index (χ1v) is 24.3. The fourth-order valence-corrected chi connectivity index (χ4v) is 7.77. The fourth-order valence-electron chi connectivity index (χ4n) is 7.77. The molecule has 4 atom stereocenters. The summed E-state index contributed by atoms with van der Waals surface area (Å²) in [5.41, 5.74) is 0. The van der Waals surface area contributed by atoms with Gasteiger partial charge in [-0.2, -0.15) is 0 Å². The Kier molecular flexibility index (Phi) is 41.0. The van der Waals surface area contributed by atoms with E-state index in [1.54, 1.807) is 0 Å². The lowest BCUT2D eigenvalue weighted by Crippen LogP contribution is -2.38. The number of unbranched alkanes of at least 4 members (excludes halogenated alkanes) is 19. The van der Waals surface area contributed by atoms with Crippen molar-refractivity contribution in [3.05, 3.63) is 0 Å². The molecule has 0 aromatic carbocycles. The Morgan fingerprint density at radius 3 is 1.11 bits per heavy atom. The van der Waals surface area contributed by atoms with E-state index in [1.165, 1.54) is 103 Å². The predicted octanol–water partition coefficient (Wildman–Crippen LogP) is 11.9. The van der Waals surface area contributed by atoms with Gasteiger partial charge < -0.3 is 24.8 Å². The van der Waals surface area contributed by atoms with Crippen LogP contribution in [0.3, 0.4) is 0 Å². The van der Waals surface area contributed by atoms with Crippen LogP contribution in [0.4, 0.5) is 0 Å². The topological polar surface area (TPSA) is 117 Å². The summed E-state index contributed by atoms with van der Waals surface area (Å²) in [6.45, 7) is 11.5. The second kappa shape index (κ2) is 41.9. The summed E-state index contributed by atoms with van der Waals surface area (Å²) in [6.07, 6.45) is 32.5. The Balaban J connectivity index is 4.61. The third-order valence-corrected chi connectivity index (χ3v) is 11.5. The van der Waals surface area contributed by atoms with Gasteiger partial charge in [-0.3, -0.25) is 14.5 Å². The van der Waals surface area contributed by atoms with Crippen LogP contribution in [0.25, 0.3) is 0 Å². The van der Waals surface area contributed by atoms with E-state index in [-0.39, 0.29) is 30.4 Å². The summed E-state index contributed by atoms with van der Waals surface area (Å²) in [4.78, 5) is 28.1. The number of hydrogen-bond donors (Lipinski definition) is 3. The van der Waals surface area contributed by atoms with Gasteiger partial charge in [0.1, 0.15) is 0 Å². The maximum Gasteiger partial charge on any atom is 0.308 e. The minimum Gasteiger partial charge on any atom is -0.465 e. The standard InChI is InChI=1S/C48H95NO7/c1-5-9-13-17-19-23-33-43(31-21-15-11-7-3)47(53)55-39-29-25-35-45(51)41-49(37-27-28-38-50)42-46(52)36-26-30-40-56-48(54)44(32-22-16-12-8-4)34-24-20-18-14-10-6-2/h43-46,50-52H,5-42H2,1-4H3/t43?,44?,45-,46?/m0/s1. The van der Waals surface area contributed by atoms with Crippen LogP contribution in [0.5, 0.6) is 0 Å². The van der Waals surface area contributed by atoms with Crippen molar-refractivity contribution in [2.24, 2.45) is 11.8 Å². The molecule has 0 saturated heterocycles. The Morgan fingerprint density at radius 2 is 0.750 bits per heavy atom. The zero-order valence-electron chi connectivity index (χ0n) is 37.6. The van der Waals surface area contributed by atoms with E-state index in [4.69, 9.17) is 9.47 Å². The summed E-state index contributed by atoms with van der Waals surface area (Å²) in [5.74, 6) is -0.0592. The van der Waals surface area contributed by atoms with Crippen molar-refractivity contribution >= 4 is 11.9 Å². The summed E-state index contributed by atoms with van der Waals surface area (Å²) >= 11 is 0. The van der Waals surface area contributed by atoms with Crippen molar-refractivity contribution in [3.63, 3.8) is 0 Å². The van der Waals surface area contributed by atoms with Crippen LogP contribution in [0.15, 0.2) is 0 Å². The second-order valence-corrected chi connectivity index (χ2v) is 17.0. The van der Waals surface area contributed by atoms with Gasteiger partial charge in [0.25, 0.3) is 0 Å². The summed E-state index contributed by atoms with van der Waals surface area (Å²) in [5, 5.41) is 31.1. The molecule has 0 aliphatic rings. The van der Waals surface area contributed by atoms with E-state index in [1.807, 2.05) is 0 Å². The number of nitrogens with zero attached hydrogens (tertiary/aromatic N) is 1. The fraction of sp³-hybridized carbons (Fsp3) is 0.958. The van der Waals surface area contributed by atoms with Crippen molar-refractivity contribution in [3.8, 4) is 0 Å². The molecule has 0 fully saturated rings. The summed E-state index contributed by atoms with van der Waals surface area (Å²) in [6, 6.07) is 0. The molecule has 0 rings (SSSR count). The van der Waals surface area contributed by atoms with Gasteiger partial charge in [-0.1, -0.05) is 156 Å². The van der Waals surface area contributed by atoms with E-state index in [2.05, 4.69) is 32.6 Å². The average Bonchev–Trinajstić information content (AvgIpc) is 3.18. The Hall–Kier alpha value is -1.22. The molecule has 0 aromatic rings. The van der Waals surface area contributed by atoms with Gasteiger partial charge in [-0.05, 0) is 83.6 Å². The molecule has 0 heterocycles. The normalized spacial score (nSPS) is 13.9. The highest BCUT2D eigenvalue weighted by Gasteiger charge is 2.21. The minimum atomic E-state index is -0.531. The molecule has 0 aliphatic carbocycles. The quantitative estimate of drug-likeness (QED) is 0.0412. The zero-order chi connectivity index (χ0) is 41.3. The highest BCUT2D eigenvalue weighted by atomic mass is 16.5. The van der Waals surface area contributed by atoms with Crippen LogP contribution >= 0.6 is 0 Å². The summed E-state index contributed by atoms with van der Waals surface area (Å²) < 4.78 is 11.5. The highest BCUT2D eigenvalue weighted by Crippen LogP contribution is 2.22. The van der Waals surface area contributed by atoms with E-state index in [0.29, 0.717) is 52.1 Å². The second-order valence-electron chi connectivity index (χ2n) is 17.0. The van der Waals surface area contributed by atoms with Gasteiger partial charge in [0, 0.05) is 19.7 Å². The summed E-state index contributed by atoms with van der Waals surface area (Å²) in [7, 11) is 0. The van der Waals surface area contributed by atoms with Crippen LogP contribution < -0.4 is 0 Å². The third-order valence-electron chi connectivity index (χ3n) is 11.5. The molecule has 56 heavy (non-hydrogen) atoms. The third kappa shape index (κ3) is 34.8. The van der Waals surface area contributed by atoms with E-state index in [0.717, 1.165) is 83.5 Å². The zero-order valence-corrected chi connectivity index (χ0v) is 37.6. The van der Waals surface area contributed by atoms with Crippen molar-refractivity contribution < 1.29 is 34.4 Å². The lowest BCUT2D eigenvalue weighted by Gasteiger charge is -2.27. The number of rotatable bonds is 44. The van der Waals surface area contributed by atoms with Crippen molar-refractivity contribution in [1.82, 2.24) is 4.90 Å². The number of carbonyl (C=O) groups is 2. The maximum absolute atomic E-state index is 13.0. The van der Waals surface area contributed by atoms with E-state index in [9.17, 15) is 24.9 Å². The Labute approximate surface area is 347 Å². The van der Waals surface area contributed by atoms with Gasteiger partial charge in [0.05, 0.1) is 37.3 Å². The van der Waals surface area contributed by atoms with E-state index >= 15 is 0 Å². The van der Waals surface area contributed by atoms with Crippen molar-refractivity contribution in [2.75, 3.05) is 39.5 Å². The van der Waals surface area contributed by atoms with Gasteiger partial charge in [0.15, 0.2) is 0 Å². The largest absolute Gasteiger partial charge is 0.465 e. The minimum absolute atomic E-state index is 0.00900. The van der Waals surface area contributed by atoms with Crippen LogP contribution in [0.1, 0.15) is 233 Å². The Morgan fingerprint density at radius 1 is 0.429 bits per heavy atom. The first kappa shape index (κ1) is 54.8. The molecule has 3 unspecified atom stereocenters. The number of aliphatic hydroxyl groups is 3. The number of carbonyl (C=O) groups excluding carboxylic acids is 2. The first-order valence-electron chi connectivity index (χ1n) is 24.3. The molecule has 0 aliphatic heterocycles. The van der Waals surface area contributed by atoms with Gasteiger partial charge >= 0.3 is 11.9 Å². The lowest BCUT2D eigenvalue weighted by atomic mass is 9.94. The molecule has 0 saturated carbocycles. The predicted molar refractivity (Wildman–Crippen MR) is 235 cm³/mol. The molecule has 8 nitrogen and oxygen atoms in total. The highest BCUT2D eigenvalue weighted by molar-refractivity contribution is 5.72. The van der Waals surface area contributed by atoms with Gasteiger partial charge in [0.2, 0.25) is 0 Å².